The minimum absolute atomic E-state index is 0.0135. The topological polar surface area (TPSA) is 210 Å². The van der Waals surface area contributed by atoms with Crippen LogP contribution < -0.4 is 15.9 Å². The van der Waals surface area contributed by atoms with E-state index in [1.807, 2.05) is 0 Å². The van der Waals surface area contributed by atoms with Crippen LogP contribution in [0.2, 0.25) is 0 Å². The molecule has 1 fully saturated rings. The molecule has 2 aromatic rings. The van der Waals surface area contributed by atoms with E-state index in [1.165, 1.54) is 32.2 Å². The number of phenolic OH excluding ortho intramolecular Hbond substituents is 2. The first-order valence-corrected chi connectivity index (χ1v) is 13.0. The van der Waals surface area contributed by atoms with Gasteiger partial charge >= 0.3 is 0 Å². The van der Waals surface area contributed by atoms with Crippen molar-refractivity contribution in [2.24, 2.45) is 10.8 Å². The van der Waals surface area contributed by atoms with Crippen molar-refractivity contribution in [3.8, 4) is 17.2 Å². The summed E-state index contributed by atoms with van der Waals surface area (Å²) in [6, 6.07) is 3.75. The van der Waals surface area contributed by atoms with Crippen molar-refractivity contribution in [2.75, 3.05) is 7.11 Å². The molecule has 7 N–H and O–H groups in total. The molecule has 1 aliphatic heterocycles. The van der Waals surface area contributed by atoms with E-state index in [0.29, 0.717) is 6.41 Å². The number of nitrogens with one attached hydrogen (secondary N) is 1. The van der Waals surface area contributed by atoms with Crippen LogP contribution in [0.15, 0.2) is 23.3 Å². The van der Waals surface area contributed by atoms with Crippen LogP contribution in [0.3, 0.4) is 0 Å². The molecule has 13 nitrogen and oxygen atoms in total. The number of hydrazone groups is 1. The van der Waals surface area contributed by atoms with Gasteiger partial charge in [0.25, 0.3) is 0 Å². The number of carbonyl (C=O) groups excluding carboxylic acids is 3. The molecule has 2 aromatic carbocycles. The zero-order valence-electron chi connectivity index (χ0n) is 22.6. The Kier molecular flexibility index (Phi) is 7.34. The summed E-state index contributed by atoms with van der Waals surface area (Å²) in [4.78, 5) is 38.2. The Morgan fingerprint density at radius 2 is 1.90 bits per heavy atom. The first kappa shape index (κ1) is 28.6. The standard InChI is InChI=1S/C28H31N3O10/c1-11-23(33)15(29)7-18(40-11)41-17-9-28(38,12(2)31-30-10-32)8-14-20(17)27(37)22-21(25(14)35)24(34)13-5-4-6-16(39-3)19(13)26(22)36/h4-6,10-11,15,17-18,23,33,35,37-38H,7-9,29H2,1-3H3,(H,30,32)/b31-12+. The van der Waals surface area contributed by atoms with Gasteiger partial charge in [-0.1, -0.05) is 12.1 Å². The van der Waals surface area contributed by atoms with Crippen molar-refractivity contribution in [1.82, 2.24) is 5.43 Å². The molecule has 6 unspecified atom stereocenters. The van der Waals surface area contributed by atoms with Gasteiger partial charge in [0, 0.05) is 42.0 Å². The van der Waals surface area contributed by atoms with Crippen LogP contribution in [-0.4, -0.2) is 81.4 Å². The number of hydrogen-bond donors (Lipinski definition) is 6. The number of aliphatic hydroxyl groups is 2. The second-order valence-corrected chi connectivity index (χ2v) is 10.5. The monoisotopic (exact) mass is 569 g/mol. The Labute approximate surface area is 234 Å². The number of nitrogens with zero attached hydrogens (tertiary/aromatic N) is 1. The molecule has 0 saturated carbocycles. The quantitative estimate of drug-likeness (QED) is 0.105. The molecule has 6 atom stereocenters. The number of phenols is 2. The maximum atomic E-state index is 13.7. The molecule has 218 valence electrons. The summed E-state index contributed by atoms with van der Waals surface area (Å²) in [5.74, 6) is -2.52. The highest BCUT2D eigenvalue weighted by Gasteiger charge is 2.49. The summed E-state index contributed by atoms with van der Waals surface area (Å²) in [5.41, 5.74) is 5.48. The van der Waals surface area contributed by atoms with Gasteiger partial charge in [-0.15, -0.1) is 0 Å². The van der Waals surface area contributed by atoms with Gasteiger partial charge in [-0.2, -0.15) is 5.10 Å². The van der Waals surface area contributed by atoms with Gasteiger partial charge in [0.2, 0.25) is 12.2 Å². The predicted octanol–water partition coefficient (Wildman–Crippen LogP) is 0.562. The van der Waals surface area contributed by atoms with Gasteiger partial charge < -0.3 is 40.4 Å². The molecule has 0 spiro atoms. The van der Waals surface area contributed by atoms with Gasteiger partial charge in [0.05, 0.1) is 47.8 Å². The average Bonchev–Trinajstić information content (AvgIpc) is 2.94. The highest BCUT2D eigenvalue weighted by Crippen LogP contribution is 2.52. The summed E-state index contributed by atoms with van der Waals surface area (Å²) in [7, 11) is 1.34. The van der Waals surface area contributed by atoms with E-state index in [0.717, 1.165) is 0 Å². The van der Waals surface area contributed by atoms with Gasteiger partial charge in [-0.3, -0.25) is 14.4 Å². The Morgan fingerprint density at radius 1 is 1.20 bits per heavy atom. The molecule has 13 heteroatoms. The predicted molar refractivity (Wildman–Crippen MR) is 142 cm³/mol. The molecular weight excluding hydrogens is 538 g/mol. The number of fused-ring (bicyclic) bond motifs is 3. The zero-order valence-corrected chi connectivity index (χ0v) is 22.6. The average molecular weight is 570 g/mol. The van der Waals surface area contributed by atoms with Gasteiger partial charge in [0.1, 0.15) is 22.8 Å². The fourth-order valence-electron chi connectivity index (χ4n) is 5.89. The minimum atomic E-state index is -1.82. The van der Waals surface area contributed by atoms with E-state index >= 15 is 0 Å². The molecule has 1 amide bonds. The first-order chi connectivity index (χ1) is 19.4. The third kappa shape index (κ3) is 4.55. The number of rotatable bonds is 6. The fraction of sp³-hybridized carbons (Fsp3) is 0.429. The molecule has 2 aliphatic carbocycles. The maximum Gasteiger partial charge on any atom is 0.227 e. The summed E-state index contributed by atoms with van der Waals surface area (Å²) in [6.07, 6.45) is -4.04. The van der Waals surface area contributed by atoms with Crippen molar-refractivity contribution in [1.29, 1.82) is 0 Å². The maximum absolute atomic E-state index is 13.7. The lowest BCUT2D eigenvalue weighted by Crippen LogP contribution is -2.52. The number of nitrogens with two attached hydrogens (primary N) is 1. The number of amides is 1. The van der Waals surface area contributed by atoms with E-state index in [9.17, 15) is 34.8 Å². The van der Waals surface area contributed by atoms with Crippen molar-refractivity contribution in [2.45, 2.75) is 69.4 Å². The van der Waals surface area contributed by atoms with Crippen LogP contribution in [0, 0.1) is 0 Å². The van der Waals surface area contributed by atoms with Gasteiger partial charge in [0.15, 0.2) is 12.1 Å². The Bertz CT molecular complexity index is 1460. The lowest BCUT2D eigenvalue weighted by atomic mass is 9.72. The van der Waals surface area contributed by atoms with Crippen LogP contribution in [0.4, 0.5) is 0 Å². The summed E-state index contributed by atoms with van der Waals surface area (Å²) in [6.45, 7) is 3.07. The van der Waals surface area contributed by atoms with E-state index in [4.69, 9.17) is 19.9 Å². The Balaban J connectivity index is 1.69. The van der Waals surface area contributed by atoms with Crippen LogP contribution in [0.1, 0.15) is 75.8 Å². The van der Waals surface area contributed by atoms with E-state index in [2.05, 4.69) is 10.5 Å². The van der Waals surface area contributed by atoms with Crippen LogP contribution >= 0.6 is 0 Å². The largest absolute Gasteiger partial charge is 0.507 e. The van der Waals surface area contributed by atoms with E-state index in [-0.39, 0.29) is 53.0 Å². The van der Waals surface area contributed by atoms with Crippen LogP contribution in [-0.2, 0) is 20.7 Å². The molecule has 1 heterocycles. The number of methoxy groups -OCH3 is 1. The molecular formula is C28H31N3O10. The zero-order chi connectivity index (χ0) is 29.8. The summed E-state index contributed by atoms with van der Waals surface area (Å²) >= 11 is 0. The first-order valence-electron chi connectivity index (χ1n) is 13.0. The number of benzene rings is 2. The highest BCUT2D eigenvalue weighted by molar-refractivity contribution is 6.31. The molecule has 41 heavy (non-hydrogen) atoms. The number of ether oxygens (including phenoxy) is 3. The van der Waals surface area contributed by atoms with Gasteiger partial charge in [-0.05, 0) is 19.9 Å². The third-order valence-electron chi connectivity index (χ3n) is 8.10. The summed E-state index contributed by atoms with van der Waals surface area (Å²) in [5, 5.41) is 48.9. The lowest BCUT2D eigenvalue weighted by molar-refractivity contribution is -0.245. The second-order valence-electron chi connectivity index (χ2n) is 10.5. The number of ketones is 2. The molecule has 0 radical (unpaired) electrons. The number of hydrogen-bond acceptors (Lipinski definition) is 12. The Hall–Kier alpha value is -3.88. The van der Waals surface area contributed by atoms with E-state index < -0.39 is 70.4 Å². The SMILES string of the molecule is COc1cccc2c1C(=O)c1c(O)c3c(c(O)c1C2=O)CC(O)(/C(C)=N/NC=O)CC3OC1CC(N)C(O)C(C)O1. The van der Waals surface area contributed by atoms with Crippen molar-refractivity contribution in [3.05, 3.63) is 51.6 Å². The summed E-state index contributed by atoms with van der Waals surface area (Å²) < 4.78 is 17.3. The number of aromatic hydroxyl groups is 2. The van der Waals surface area contributed by atoms with Gasteiger partial charge in [-0.25, -0.2) is 5.43 Å². The van der Waals surface area contributed by atoms with E-state index in [1.54, 1.807) is 6.92 Å². The number of carbonyl (C=O) groups is 3. The van der Waals surface area contributed by atoms with Crippen molar-refractivity contribution >= 4 is 23.7 Å². The lowest BCUT2D eigenvalue weighted by Gasteiger charge is -2.42. The molecule has 0 bridgehead atoms. The Morgan fingerprint density at radius 3 is 2.56 bits per heavy atom. The van der Waals surface area contributed by atoms with Crippen LogP contribution in [0.25, 0.3) is 0 Å². The molecule has 0 aromatic heterocycles. The third-order valence-corrected chi connectivity index (χ3v) is 8.10. The molecule has 1 saturated heterocycles. The van der Waals surface area contributed by atoms with Crippen molar-refractivity contribution in [3.63, 3.8) is 0 Å². The highest BCUT2D eigenvalue weighted by atomic mass is 16.7. The number of aliphatic hydroxyl groups excluding tert-OH is 1. The normalized spacial score (nSPS) is 29.3. The fourth-order valence-corrected chi connectivity index (χ4v) is 5.89. The minimum Gasteiger partial charge on any atom is -0.507 e. The molecule has 3 aliphatic rings. The van der Waals surface area contributed by atoms with Crippen molar-refractivity contribution < 1.29 is 49.0 Å². The smallest absolute Gasteiger partial charge is 0.227 e. The van der Waals surface area contributed by atoms with Crippen LogP contribution in [0.5, 0.6) is 17.2 Å². The molecule has 5 rings (SSSR count). The second kappa shape index (κ2) is 10.5.